The van der Waals surface area contributed by atoms with Crippen LogP contribution in [0.5, 0.6) is 0 Å². The molecule has 1 saturated heterocycles. The van der Waals surface area contributed by atoms with Crippen LogP contribution < -0.4 is 4.90 Å². The maximum Gasteiger partial charge on any atom is 0.471 e. The number of hydrogen-bond acceptors (Lipinski definition) is 6. The van der Waals surface area contributed by atoms with Gasteiger partial charge in [0.05, 0.1) is 19.3 Å². The summed E-state index contributed by atoms with van der Waals surface area (Å²) in [5.41, 5.74) is 1.46. The minimum absolute atomic E-state index is 0.0142. The van der Waals surface area contributed by atoms with Crippen LogP contribution in [0.25, 0.3) is 11.4 Å². The zero-order valence-electron chi connectivity index (χ0n) is 14.1. The van der Waals surface area contributed by atoms with Crippen LogP contribution in [0.2, 0.25) is 0 Å². The Labute approximate surface area is 152 Å². The van der Waals surface area contributed by atoms with Crippen LogP contribution in [0, 0.1) is 0 Å². The zero-order valence-corrected chi connectivity index (χ0v) is 14.1. The van der Waals surface area contributed by atoms with Crippen LogP contribution in [0.3, 0.4) is 0 Å². The normalized spacial score (nSPS) is 17.9. The molecule has 0 bridgehead atoms. The van der Waals surface area contributed by atoms with Crippen molar-refractivity contribution in [1.82, 2.24) is 15.1 Å². The molecule has 6 nitrogen and oxygen atoms in total. The maximum absolute atomic E-state index is 12.6. The Morgan fingerprint density at radius 3 is 2.56 bits per heavy atom. The van der Waals surface area contributed by atoms with Crippen molar-refractivity contribution in [3.8, 4) is 11.4 Å². The highest BCUT2D eigenvalue weighted by molar-refractivity contribution is 5.56. The van der Waals surface area contributed by atoms with Gasteiger partial charge in [0.15, 0.2) is 0 Å². The summed E-state index contributed by atoms with van der Waals surface area (Å²) in [6.45, 7) is 1.77. The monoisotopic (exact) mass is 376 g/mol. The summed E-state index contributed by atoms with van der Waals surface area (Å²) >= 11 is 0. The predicted octanol–water partition coefficient (Wildman–Crippen LogP) is 3.73. The van der Waals surface area contributed by atoms with Crippen LogP contribution in [-0.2, 0) is 10.9 Å². The molecule has 27 heavy (non-hydrogen) atoms. The summed E-state index contributed by atoms with van der Waals surface area (Å²) in [6.07, 6.45) is -3.23. The molecule has 0 aliphatic carbocycles. The average Bonchev–Trinajstić information content (AvgIpc) is 3.20. The Bertz CT molecular complexity index is 897. The van der Waals surface area contributed by atoms with Crippen LogP contribution in [-0.4, -0.2) is 34.9 Å². The molecule has 3 aromatic rings. The van der Waals surface area contributed by atoms with Gasteiger partial charge in [-0.05, 0) is 17.7 Å². The molecule has 1 atom stereocenters. The minimum atomic E-state index is -4.67. The second-order valence-electron chi connectivity index (χ2n) is 6.02. The third-order valence-corrected chi connectivity index (χ3v) is 4.28. The van der Waals surface area contributed by atoms with Crippen molar-refractivity contribution < 1.29 is 22.4 Å². The highest BCUT2D eigenvalue weighted by Crippen LogP contribution is 2.31. The van der Waals surface area contributed by atoms with E-state index in [1.165, 1.54) is 6.20 Å². The lowest BCUT2D eigenvalue weighted by Gasteiger charge is -2.36. The standard InChI is InChI=1S/C18H15F3N4O2/c19-18(20,21)17-23-16(24-27-17)13-6-7-15(22-10-13)25-8-9-26-11-14(25)12-4-2-1-3-5-12/h1-7,10,14H,8-9,11H2. The first-order chi connectivity index (χ1) is 13.0. The Kier molecular flexibility index (Phi) is 4.53. The number of pyridine rings is 1. The Morgan fingerprint density at radius 1 is 1.07 bits per heavy atom. The molecular formula is C18H15F3N4O2. The SMILES string of the molecule is FC(F)(F)c1nc(-c2ccc(N3CCOCC3c3ccccc3)nc2)no1. The Balaban J connectivity index is 1.58. The van der Waals surface area contributed by atoms with Crippen molar-refractivity contribution in [2.75, 3.05) is 24.7 Å². The fraction of sp³-hybridized carbons (Fsp3) is 0.278. The molecule has 0 spiro atoms. The first-order valence-electron chi connectivity index (χ1n) is 8.29. The van der Waals surface area contributed by atoms with E-state index in [1.54, 1.807) is 12.1 Å². The van der Waals surface area contributed by atoms with Gasteiger partial charge in [0.2, 0.25) is 5.82 Å². The van der Waals surface area contributed by atoms with Gasteiger partial charge in [-0.1, -0.05) is 35.5 Å². The van der Waals surface area contributed by atoms with Gasteiger partial charge >= 0.3 is 12.1 Å². The first kappa shape index (κ1) is 17.5. The van der Waals surface area contributed by atoms with Crippen LogP contribution in [0.4, 0.5) is 19.0 Å². The third-order valence-electron chi connectivity index (χ3n) is 4.28. The molecule has 3 heterocycles. The first-order valence-corrected chi connectivity index (χ1v) is 8.29. The molecule has 0 amide bonds. The van der Waals surface area contributed by atoms with Gasteiger partial charge in [0.25, 0.3) is 0 Å². The van der Waals surface area contributed by atoms with Gasteiger partial charge in [0.1, 0.15) is 5.82 Å². The Hall–Kier alpha value is -2.94. The highest BCUT2D eigenvalue weighted by atomic mass is 19.4. The van der Waals surface area contributed by atoms with Crippen molar-refractivity contribution in [3.63, 3.8) is 0 Å². The van der Waals surface area contributed by atoms with E-state index in [4.69, 9.17) is 4.74 Å². The number of benzene rings is 1. The van der Waals surface area contributed by atoms with E-state index in [9.17, 15) is 13.2 Å². The van der Waals surface area contributed by atoms with Crippen molar-refractivity contribution in [2.45, 2.75) is 12.2 Å². The lowest BCUT2D eigenvalue weighted by atomic mass is 10.0. The molecule has 1 aliphatic rings. The number of halogens is 3. The summed E-state index contributed by atoms with van der Waals surface area (Å²) in [4.78, 5) is 9.88. The van der Waals surface area contributed by atoms with E-state index in [2.05, 4.69) is 24.5 Å². The van der Waals surface area contributed by atoms with Crippen LogP contribution in [0.1, 0.15) is 17.5 Å². The van der Waals surface area contributed by atoms with Crippen molar-refractivity contribution >= 4 is 5.82 Å². The van der Waals surface area contributed by atoms with Crippen molar-refractivity contribution in [1.29, 1.82) is 0 Å². The number of aromatic nitrogens is 3. The fourth-order valence-electron chi connectivity index (χ4n) is 2.97. The van der Waals surface area contributed by atoms with Crippen molar-refractivity contribution in [2.24, 2.45) is 0 Å². The number of hydrogen-bond donors (Lipinski definition) is 0. The molecule has 1 unspecified atom stereocenters. The summed E-state index contributed by atoms with van der Waals surface area (Å²) in [6, 6.07) is 13.3. The molecule has 4 rings (SSSR count). The molecule has 1 fully saturated rings. The van der Waals surface area contributed by atoms with Gasteiger partial charge in [-0.2, -0.15) is 18.2 Å². The van der Waals surface area contributed by atoms with E-state index >= 15 is 0 Å². The van der Waals surface area contributed by atoms with Gasteiger partial charge in [-0.3, -0.25) is 0 Å². The quantitative estimate of drug-likeness (QED) is 0.694. The number of rotatable bonds is 3. The number of alkyl halides is 3. The van der Waals surface area contributed by atoms with Gasteiger partial charge < -0.3 is 14.2 Å². The highest BCUT2D eigenvalue weighted by Gasteiger charge is 2.38. The van der Waals surface area contributed by atoms with Crippen molar-refractivity contribution in [3.05, 3.63) is 60.1 Å². The lowest BCUT2D eigenvalue weighted by Crippen LogP contribution is -2.40. The molecule has 0 saturated carbocycles. The topological polar surface area (TPSA) is 64.3 Å². The number of nitrogens with zero attached hydrogens (tertiary/aromatic N) is 4. The predicted molar refractivity (Wildman–Crippen MR) is 89.9 cm³/mol. The molecule has 0 N–H and O–H groups in total. The zero-order chi connectivity index (χ0) is 18.9. The summed E-state index contributed by atoms with van der Waals surface area (Å²) in [5, 5.41) is 3.38. The lowest BCUT2D eigenvalue weighted by molar-refractivity contribution is -0.159. The van der Waals surface area contributed by atoms with E-state index in [0.29, 0.717) is 31.1 Å². The molecule has 1 aromatic carbocycles. The molecule has 0 radical (unpaired) electrons. The molecule has 2 aromatic heterocycles. The van der Waals surface area contributed by atoms with Gasteiger partial charge in [-0.15, -0.1) is 0 Å². The maximum atomic E-state index is 12.6. The second kappa shape index (κ2) is 6.99. The number of morpholine rings is 1. The van der Waals surface area contributed by atoms with E-state index in [0.717, 1.165) is 5.56 Å². The Morgan fingerprint density at radius 2 is 1.89 bits per heavy atom. The minimum Gasteiger partial charge on any atom is -0.377 e. The van der Waals surface area contributed by atoms with E-state index in [-0.39, 0.29) is 11.9 Å². The molecular weight excluding hydrogens is 361 g/mol. The summed E-state index contributed by atoms with van der Waals surface area (Å²) < 4.78 is 47.7. The smallest absolute Gasteiger partial charge is 0.377 e. The third kappa shape index (κ3) is 3.63. The number of ether oxygens (including phenoxy) is 1. The molecule has 9 heteroatoms. The second-order valence-corrected chi connectivity index (χ2v) is 6.02. The van der Waals surface area contributed by atoms with Gasteiger partial charge in [-0.25, -0.2) is 4.98 Å². The van der Waals surface area contributed by atoms with Crippen LogP contribution in [0.15, 0.2) is 53.2 Å². The summed E-state index contributed by atoms with van der Waals surface area (Å²) in [7, 11) is 0. The van der Waals surface area contributed by atoms with E-state index in [1.807, 2.05) is 30.3 Å². The van der Waals surface area contributed by atoms with Gasteiger partial charge in [0, 0.05) is 18.3 Å². The largest absolute Gasteiger partial charge is 0.471 e. The number of anilines is 1. The molecule has 140 valence electrons. The molecule has 1 aliphatic heterocycles. The van der Waals surface area contributed by atoms with E-state index < -0.39 is 12.1 Å². The fourth-order valence-corrected chi connectivity index (χ4v) is 2.97. The average molecular weight is 376 g/mol. The van der Waals surface area contributed by atoms with Crippen LogP contribution >= 0.6 is 0 Å². The summed E-state index contributed by atoms with van der Waals surface area (Å²) in [5.74, 6) is -0.822.